The number of ether oxygens (including phenoxy) is 1. The molecule has 5 heteroatoms. The van der Waals surface area contributed by atoms with Crippen LogP contribution in [-0.4, -0.2) is 24.6 Å². The number of phenolic OH excluding ortho intramolecular Hbond substituents is 1. The normalized spacial score (nSPS) is 11.4. The smallest absolute Gasteiger partial charge is 0.146 e. The van der Waals surface area contributed by atoms with Crippen molar-refractivity contribution < 1.29 is 14.3 Å². The van der Waals surface area contributed by atoms with Crippen molar-refractivity contribution in [3.05, 3.63) is 47.9 Å². The van der Waals surface area contributed by atoms with Crippen molar-refractivity contribution in [2.75, 3.05) is 7.11 Å². The summed E-state index contributed by atoms with van der Waals surface area (Å²) in [6.07, 6.45) is 4.49. The van der Waals surface area contributed by atoms with Gasteiger partial charge in [0.05, 0.1) is 25.8 Å². The van der Waals surface area contributed by atoms with E-state index in [9.17, 15) is 5.11 Å². The first kappa shape index (κ1) is 11.9. The van der Waals surface area contributed by atoms with Crippen molar-refractivity contribution in [3.8, 4) is 11.5 Å². The summed E-state index contributed by atoms with van der Waals surface area (Å²) in [5.41, 5.74) is 0.562. The molecule has 2 rings (SSSR count). The molecule has 1 aromatic heterocycles. The third kappa shape index (κ3) is 2.98. The highest BCUT2D eigenvalue weighted by molar-refractivity contribution is 5.84. The van der Waals surface area contributed by atoms with Crippen molar-refractivity contribution >= 4 is 12.4 Å². The molecule has 0 fully saturated rings. The number of furan rings is 1. The summed E-state index contributed by atoms with van der Waals surface area (Å²) in [6, 6.07) is 8.47. The van der Waals surface area contributed by atoms with E-state index in [0.29, 0.717) is 17.1 Å². The predicted molar refractivity (Wildman–Crippen MR) is 68.6 cm³/mol. The van der Waals surface area contributed by atoms with Crippen molar-refractivity contribution in [1.82, 2.24) is 0 Å². The third-order valence-corrected chi connectivity index (χ3v) is 2.23. The fourth-order valence-corrected chi connectivity index (χ4v) is 1.31. The number of rotatable bonds is 4. The number of aromatic hydroxyl groups is 1. The van der Waals surface area contributed by atoms with E-state index in [2.05, 4.69) is 10.2 Å². The van der Waals surface area contributed by atoms with Crippen LogP contribution in [0.1, 0.15) is 11.3 Å². The lowest BCUT2D eigenvalue weighted by Crippen LogP contribution is -1.86. The molecule has 0 aliphatic heterocycles. The fourth-order valence-electron chi connectivity index (χ4n) is 1.31. The van der Waals surface area contributed by atoms with E-state index in [1.807, 2.05) is 0 Å². The van der Waals surface area contributed by atoms with E-state index in [4.69, 9.17) is 9.15 Å². The molecule has 0 aliphatic carbocycles. The fraction of sp³-hybridized carbons (Fsp3) is 0.0769. The van der Waals surface area contributed by atoms with Crippen LogP contribution < -0.4 is 4.74 Å². The average molecular weight is 244 g/mol. The van der Waals surface area contributed by atoms with Crippen LogP contribution in [0.25, 0.3) is 0 Å². The molecule has 0 saturated heterocycles. The molecule has 0 saturated carbocycles. The lowest BCUT2D eigenvalue weighted by molar-refractivity contribution is 0.407. The summed E-state index contributed by atoms with van der Waals surface area (Å²) in [4.78, 5) is 0. The van der Waals surface area contributed by atoms with E-state index < -0.39 is 0 Å². The molecule has 0 radical (unpaired) electrons. The summed E-state index contributed by atoms with van der Waals surface area (Å²) in [5.74, 6) is 1.29. The first-order valence-electron chi connectivity index (χ1n) is 5.26. The van der Waals surface area contributed by atoms with Gasteiger partial charge in [0.25, 0.3) is 0 Å². The molecule has 0 aliphatic rings. The van der Waals surface area contributed by atoms with Crippen molar-refractivity contribution in [2.45, 2.75) is 0 Å². The Bertz CT molecular complexity index is 560. The highest BCUT2D eigenvalue weighted by Gasteiger charge is 1.99. The van der Waals surface area contributed by atoms with Crippen LogP contribution in [0.4, 0.5) is 0 Å². The molecule has 2 aromatic rings. The minimum atomic E-state index is 0.0892. The van der Waals surface area contributed by atoms with Crippen LogP contribution in [0, 0.1) is 0 Å². The summed E-state index contributed by atoms with van der Waals surface area (Å²) >= 11 is 0. The van der Waals surface area contributed by atoms with Gasteiger partial charge >= 0.3 is 0 Å². The van der Waals surface area contributed by atoms with Gasteiger partial charge in [-0.3, -0.25) is 0 Å². The van der Waals surface area contributed by atoms with E-state index in [-0.39, 0.29) is 5.75 Å². The van der Waals surface area contributed by atoms with E-state index in [0.717, 1.165) is 0 Å². The summed E-state index contributed by atoms with van der Waals surface area (Å²) in [7, 11) is 1.54. The SMILES string of the molecule is COc1ccc(/C=N\N=C/c2ccco2)c(O)c1. The molecule has 1 N–H and O–H groups in total. The highest BCUT2D eigenvalue weighted by atomic mass is 16.5. The van der Waals surface area contributed by atoms with Crippen LogP contribution in [0.3, 0.4) is 0 Å². The predicted octanol–water partition coefficient (Wildman–Crippen LogP) is 2.45. The zero-order valence-corrected chi connectivity index (χ0v) is 9.78. The van der Waals surface area contributed by atoms with Gasteiger partial charge in [-0.1, -0.05) is 0 Å². The molecule has 1 aromatic carbocycles. The van der Waals surface area contributed by atoms with Crippen LogP contribution in [0.2, 0.25) is 0 Å². The lowest BCUT2D eigenvalue weighted by Gasteiger charge is -2.01. The Morgan fingerprint density at radius 1 is 1.22 bits per heavy atom. The number of phenols is 1. The minimum absolute atomic E-state index is 0.0892. The van der Waals surface area contributed by atoms with Gasteiger partial charge in [0.2, 0.25) is 0 Å². The number of hydrogen-bond acceptors (Lipinski definition) is 5. The summed E-state index contributed by atoms with van der Waals surface area (Å²) < 4.78 is 10.0. The van der Waals surface area contributed by atoms with Crippen LogP contribution in [-0.2, 0) is 0 Å². The molecule has 18 heavy (non-hydrogen) atoms. The van der Waals surface area contributed by atoms with Gasteiger partial charge in [0.1, 0.15) is 17.3 Å². The standard InChI is InChI=1S/C13H12N2O3/c1-17-11-5-4-10(13(16)7-11)8-14-15-9-12-3-2-6-18-12/h2-9,16H,1H3/b14-8-,15-9-. The number of methoxy groups -OCH3 is 1. The topological polar surface area (TPSA) is 67.3 Å². The van der Waals surface area contributed by atoms with Crippen LogP contribution in [0.5, 0.6) is 11.5 Å². The second-order valence-electron chi connectivity index (χ2n) is 3.43. The zero-order valence-electron chi connectivity index (χ0n) is 9.78. The van der Waals surface area contributed by atoms with Crippen molar-refractivity contribution in [1.29, 1.82) is 0 Å². The highest BCUT2D eigenvalue weighted by Crippen LogP contribution is 2.21. The van der Waals surface area contributed by atoms with Gasteiger partial charge in [-0.15, -0.1) is 0 Å². The monoisotopic (exact) mass is 244 g/mol. The van der Waals surface area contributed by atoms with E-state index in [1.165, 1.54) is 25.6 Å². The maximum absolute atomic E-state index is 9.66. The van der Waals surface area contributed by atoms with Crippen LogP contribution in [0.15, 0.2) is 51.2 Å². The summed E-state index contributed by atoms with van der Waals surface area (Å²) in [5, 5.41) is 17.3. The average Bonchev–Trinajstić information content (AvgIpc) is 2.89. The van der Waals surface area contributed by atoms with Gasteiger partial charge < -0.3 is 14.3 Å². The quantitative estimate of drug-likeness (QED) is 0.663. The molecular weight excluding hydrogens is 232 g/mol. The van der Waals surface area contributed by atoms with Gasteiger partial charge in [-0.25, -0.2) is 0 Å². The zero-order chi connectivity index (χ0) is 12.8. The van der Waals surface area contributed by atoms with Crippen LogP contribution >= 0.6 is 0 Å². The van der Waals surface area contributed by atoms with Gasteiger partial charge in [0.15, 0.2) is 0 Å². The molecule has 0 spiro atoms. The maximum atomic E-state index is 9.66. The molecule has 0 amide bonds. The van der Waals surface area contributed by atoms with Gasteiger partial charge in [0, 0.05) is 11.6 Å². The second kappa shape index (κ2) is 5.67. The molecular formula is C13H12N2O3. The van der Waals surface area contributed by atoms with E-state index >= 15 is 0 Å². The largest absolute Gasteiger partial charge is 0.507 e. The van der Waals surface area contributed by atoms with Crippen molar-refractivity contribution in [3.63, 3.8) is 0 Å². The summed E-state index contributed by atoms with van der Waals surface area (Å²) in [6.45, 7) is 0. The molecule has 5 nitrogen and oxygen atoms in total. The Balaban J connectivity index is 2.05. The molecule has 92 valence electrons. The maximum Gasteiger partial charge on any atom is 0.146 e. The Kier molecular flexibility index (Phi) is 3.76. The Labute approximate surface area is 104 Å². The minimum Gasteiger partial charge on any atom is -0.507 e. The number of hydrogen-bond donors (Lipinski definition) is 1. The van der Waals surface area contributed by atoms with E-state index in [1.54, 1.807) is 30.5 Å². The van der Waals surface area contributed by atoms with Gasteiger partial charge in [-0.05, 0) is 24.3 Å². The van der Waals surface area contributed by atoms with Crippen molar-refractivity contribution in [2.24, 2.45) is 10.2 Å². The molecule has 0 atom stereocenters. The number of benzene rings is 1. The Morgan fingerprint density at radius 2 is 2.06 bits per heavy atom. The Hall–Kier alpha value is -2.56. The lowest BCUT2D eigenvalue weighted by atomic mass is 10.2. The molecule has 1 heterocycles. The molecule has 0 unspecified atom stereocenters. The molecule has 0 bridgehead atoms. The van der Waals surface area contributed by atoms with Gasteiger partial charge in [-0.2, -0.15) is 10.2 Å². The Morgan fingerprint density at radius 3 is 2.72 bits per heavy atom. The number of nitrogens with zero attached hydrogens (tertiary/aromatic N) is 2. The first-order valence-corrected chi connectivity index (χ1v) is 5.26. The third-order valence-electron chi connectivity index (χ3n) is 2.23. The second-order valence-corrected chi connectivity index (χ2v) is 3.43. The first-order chi connectivity index (χ1) is 8.79.